The van der Waals surface area contributed by atoms with Crippen LogP contribution in [0.5, 0.6) is 5.75 Å². The van der Waals surface area contributed by atoms with Crippen LogP contribution in [0.25, 0.3) is 0 Å². The fourth-order valence-corrected chi connectivity index (χ4v) is 5.89. The van der Waals surface area contributed by atoms with Crippen LogP contribution in [0.2, 0.25) is 15.1 Å². The molecule has 1 atom stereocenters. The van der Waals surface area contributed by atoms with Gasteiger partial charge >= 0.3 is 5.97 Å². The summed E-state index contributed by atoms with van der Waals surface area (Å²) < 4.78 is 10.8. The highest BCUT2D eigenvalue weighted by Crippen LogP contribution is 2.40. The van der Waals surface area contributed by atoms with Crippen molar-refractivity contribution in [3.8, 4) is 5.75 Å². The quantitative estimate of drug-likeness (QED) is 0.155. The molecule has 0 bridgehead atoms. The second-order valence-corrected chi connectivity index (χ2v) is 11.1. The molecule has 1 fully saturated rings. The van der Waals surface area contributed by atoms with Crippen molar-refractivity contribution in [3.05, 3.63) is 109 Å². The molecule has 0 radical (unpaired) electrons. The molecule has 3 aromatic rings. The summed E-state index contributed by atoms with van der Waals surface area (Å²) in [5.41, 5.74) is 3.14. The lowest BCUT2D eigenvalue weighted by atomic mass is 9.78. The minimum atomic E-state index is -0.440. The van der Waals surface area contributed by atoms with Crippen LogP contribution in [0.1, 0.15) is 62.6 Å². The largest absolute Gasteiger partial charge is 0.512 e. The van der Waals surface area contributed by atoms with Crippen molar-refractivity contribution in [1.29, 1.82) is 5.41 Å². The van der Waals surface area contributed by atoms with Crippen molar-refractivity contribution >= 4 is 52.3 Å². The van der Waals surface area contributed by atoms with Crippen molar-refractivity contribution in [1.82, 2.24) is 0 Å². The van der Waals surface area contributed by atoms with Gasteiger partial charge in [-0.15, -0.1) is 0 Å². The number of aliphatic hydroxyl groups excluding tert-OH is 1. The van der Waals surface area contributed by atoms with E-state index >= 15 is 0 Å². The highest BCUT2D eigenvalue weighted by Gasteiger charge is 2.32. The smallest absolute Gasteiger partial charge is 0.337 e. The first-order valence-corrected chi connectivity index (χ1v) is 14.0. The van der Waals surface area contributed by atoms with Crippen LogP contribution in [0.15, 0.2) is 65.9 Å². The van der Waals surface area contributed by atoms with Gasteiger partial charge in [-0.1, -0.05) is 53.0 Å². The third-order valence-corrected chi connectivity index (χ3v) is 8.29. The first-order valence-electron chi connectivity index (χ1n) is 12.8. The second-order valence-electron chi connectivity index (χ2n) is 9.90. The number of ketones is 1. The molecule has 3 aromatic carbocycles. The van der Waals surface area contributed by atoms with Crippen molar-refractivity contribution in [3.63, 3.8) is 0 Å². The maximum absolute atomic E-state index is 13.3. The van der Waals surface area contributed by atoms with Crippen LogP contribution in [0.4, 0.5) is 0 Å². The number of hydrogen-bond donors (Lipinski definition) is 2. The van der Waals surface area contributed by atoms with Gasteiger partial charge in [0.15, 0.2) is 5.78 Å². The minimum Gasteiger partial charge on any atom is -0.512 e. The van der Waals surface area contributed by atoms with Crippen molar-refractivity contribution < 1.29 is 24.2 Å². The Morgan fingerprint density at radius 3 is 2.38 bits per heavy atom. The lowest BCUT2D eigenvalue weighted by Crippen LogP contribution is -2.22. The third-order valence-electron chi connectivity index (χ3n) is 7.33. The Labute approximate surface area is 247 Å². The Balaban J connectivity index is 1.35. The van der Waals surface area contributed by atoms with E-state index in [2.05, 4.69) is 0 Å². The number of halogens is 3. The molecule has 0 aromatic heterocycles. The number of aliphatic hydroxyl groups is 1. The van der Waals surface area contributed by atoms with Crippen molar-refractivity contribution in [2.75, 3.05) is 13.7 Å². The summed E-state index contributed by atoms with van der Waals surface area (Å²) in [7, 11) is 1.32. The van der Waals surface area contributed by atoms with E-state index in [1.165, 1.54) is 7.11 Å². The first-order chi connectivity index (χ1) is 19.2. The van der Waals surface area contributed by atoms with Gasteiger partial charge in [0.1, 0.15) is 18.1 Å². The SMILES string of the molecule is COC(=O)c1ccc2c(c1)CCC(c1ccc(OC/C(C(=N)c3c(Cl)cccc3Cl)=C(/O)C3CC3)cc1Cl)C2=O. The molecule has 2 N–H and O–H groups in total. The first kappa shape index (κ1) is 28.2. The standard InChI is InChI=1S/C31H26Cl3NO5/c1-39-31(38)18-8-10-20-17(13-18)7-11-22(30(20)37)21-12-9-19(14-26(21)34)40-15-23(29(36)16-5-6-16)28(35)27-24(32)3-2-4-25(27)33/h2-4,8-10,12-14,16,22,35-36H,5-7,11,15H2,1H3/b29-23-,35-28?. The van der Waals surface area contributed by atoms with Crippen molar-refractivity contribution in [2.24, 2.45) is 5.92 Å². The molecule has 0 amide bonds. The number of allylic oxidation sites excluding steroid dienone is 1. The number of carbonyl (C=O) groups excluding carboxylic acids is 2. The number of carbonyl (C=O) groups is 2. The van der Waals surface area contributed by atoms with Crippen LogP contribution in [-0.2, 0) is 11.2 Å². The van der Waals surface area contributed by atoms with Crippen LogP contribution in [-0.4, -0.2) is 36.3 Å². The van der Waals surface area contributed by atoms with Gasteiger partial charge in [-0.3, -0.25) is 10.2 Å². The average molecular weight is 599 g/mol. The molecule has 206 valence electrons. The van der Waals surface area contributed by atoms with Gasteiger partial charge in [-0.25, -0.2) is 4.79 Å². The molecule has 5 rings (SSSR count). The number of aryl methyl sites for hydroxylation is 1. The molecule has 2 aliphatic rings. The highest BCUT2D eigenvalue weighted by molar-refractivity contribution is 6.41. The zero-order valence-electron chi connectivity index (χ0n) is 21.6. The van der Waals surface area contributed by atoms with Gasteiger partial charge in [0.2, 0.25) is 0 Å². The lowest BCUT2D eigenvalue weighted by molar-refractivity contribution is 0.0600. The highest BCUT2D eigenvalue weighted by atomic mass is 35.5. The van der Waals surface area contributed by atoms with Gasteiger partial charge in [0.05, 0.1) is 34.0 Å². The molecule has 9 heteroatoms. The monoisotopic (exact) mass is 597 g/mol. The zero-order chi connectivity index (χ0) is 28.6. The predicted octanol–water partition coefficient (Wildman–Crippen LogP) is 8.02. The number of Topliss-reactive ketones (excluding diaryl/α,β-unsaturated/α-hetero) is 1. The number of ether oxygens (including phenoxy) is 2. The zero-order valence-corrected chi connectivity index (χ0v) is 23.9. The molecule has 0 spiro atoms. The summed E-state index contributed by atoms with van der Waals surface area (Å²) in [4.78, 5) is 25.2. The van der Waals surface area contributed by atoms with E-state index in [1.54, 1.807) is 54.6 Å². The Hall–Kier alpha value is -3.32. The molecule has 6 nitrogen and oxygen atoms in total. The minimum absolute atomic E-state index is 0.00420. The molecule has 1 saturated carbocycles. The van der Waals surface area contributed by atoms with Gasteiger partial charge < -0.3 is 14.6 Å². The number of esters is 1. The maximum Gasteiger partial charge on any atom is 0.337 e. The fourth-order valence-electron chi connectivity index (χ4n) is 5.00. The molecular formula is C31H26Cl3NO5. The molecule has 0 saturated heterocycles. The van der Waals surface area contributed by atoms with E-state index in [0.29, 0.717) is 61.5 Å². The van der Waals surface area contributed by atoms with Gasteiger partial charge in [-0.2, -0.15) is 0 Å². The summed E-state index contributed by atoms with van der Waals surface area (Å²) in [6, 6.07) is 15.1. The van der Waals surface area contributed by atoms with Crippen LogP contribution >= 0.6 is 34.8 Å². The predicted molar refractivity (Wildman–Crippen MR) is 156 cm³/mol. The summed E-state index contributed by atoms with van der Waals surface area (Å²) >= 11 is 19.3. The Bertz CT molecular complexity index is 1540. The van der Waals surface area contributed by atoms with Gasteiger partial charge in [-0.05, 0) is 73.2 Å². The summed E-state index contributed by atoms with van der Waals surface area (Å²) in [5.74, 6) is -0.412. The Kier molecular flexibility index (Phi) is 8.22. The average Bonchev–Trinajstić information content (AvgIpc) is 3.79. The molecule has 0 heterocycles. The molecule has 40 heavy (non-hydrogen) atoms. The number of fused-ring (bicyclic) bond motifs is 1. The number of rotatable bonds is 8. The summed E-state index contributed by atoms with van der Waals surface area (Å²) in [6.45, 7) is -0.0867. The fraction of sp³-hybridized carbons (Fsp3) is 0.258. The van der Waals surface area contributed by atoms with Gasteiger partial charge in [0, 0.05) is 28.0 Å². The van der Waals surface area contributed by atoms with Crippen LogP contribution in [0.3, 0.4) is 0 Å². The Morgan fingerprint density at radius 2 is 1.73 bits per heavy atom. The lowest BCUT2D eigenvalue weighted by Gasteiger charge is -2.25. The molecular weight excluding hydrogens is 573 g/mol. The molecule has 2 aliphatic carbocycles. The number of benzene rings is 3. The van der Waals surface area contributed by atoms with E-state index in [0.717, 1.165) is 18.4 Å². The van der Waals surface area contributed by atoms with E-state index in [1.807, 2.05) is 0 Å². The van der Waals surface area contributed by atoms with Gasteiger partial charge in [0.25, 0.3) is 0 Å². The Morgan fingerprint density at radius 1 is 1.00 bits per heavy atom. The van der Waals surface area contributed by atoms with Crippen LogP contribution < -0.4 is 4.74 Å². The third kappa shape index (κ3) is 5.62. The van der Waals surface area contributed by atoms with E-state index in [9.17, 15) is 14.7 Å². The van der Waals surface area contributed by atoms with Crippen LogP contribution in [0, 0.1) is 11.3 Å². The van der Waals surface area contributed by atoms with E-state index in [-0.39, 0.29) is 29.8 Å². The molecule has 0 aliphatic heterocycles. The number of hydrogen-bond acceptors (Lipinski definition) is 6. The number of nitrogens with one attached hydrogen (secondary N) is 1. The topological polar surface area (TPSA) is 96.7 Å². The number of methoxy groups -OCH3 is 1. The van der Waals surface area contributed by atoms with E-state index < -0.39 is 11.9 Å². The summed E-state index contributed by atoms with van der Waals surface area (Å²) in [5, 5.41) is 20.6. The normalized spacial score (nSPS) is 17.1. The second kappa shape index (κ2) is 11.7. The summed E-state index contributed by atoms with van der Waals surface area (Å²) in [6.07, 6.45) is 2.84. The maximum atomic E-state index is 13.3. The van der Waals surface area contributed by atoms with Crippen molar-refractivity contribution in [2.45, 2.75) is 31.6 Å². The van der Waals surface area contributed by atoms with E-state index in [4.69, 9.17) is 49.7 Å². The molecule has 1 unspecified atom stereocenters.